The SMILES string of the molecule is Cc1cc(C)cc(N2C(=O)CS[C@H]2c2ccc(NC(=O)CCC3CCCC3)cc2)c1. The van der Waals surface area contributed by atoms with Gasteiger partial charge in [-0.2, -0.15) is 0 Å². The molecule has 4 nitrogen and oxygen atoms in total. The van der Waals surface area contributed by atoms with Gasteiger partial charge in [0.15, 0.2) is 0 Å². The van der Waals surface area contributed by atoms with Crippen LogP contribution in [-0.4, -0.2) is 17.6 Å². The molecule has 1 saturated carbocycles. The molecule has 1 atom stereocenters. The number of carbonyl (C=O) groups is 2. The van der Waals surface area contributed by atoms with Gasteiger partial charge in [0, 0.05) is 17.8 Å². The van der Waals surface area contributed by atoms with Crippen LogP contribution in [0.4, 0.5) is 11.4 Å². The number of amides is 2. The van der Waals surface area contributed by atoms with Crippen LogP contribution >= 0.6 is 11.8 Å². The van der Waals surface area contributed by atoms with Crippen LogP contribution in [0.2, 0.25) is 0 Å². The molecule has 0 bridgehead atoms. The van der Waals surface area contributed by atoms with Gasteiger partial charge in [0.1, 0.15) is 5.37 Å². The second-order valence-electron chi connectivity index (χ2n) is 8.63. The van der Waals surface area contributed by atoms with Gasteiger partial charge in [-0.05, 0) is 67.1 Å². The highest BCUT2D eigenvalue weighted by Crippen LogP contribution is 2.42. The summed E-state index contributed by atoms with van der Waals surface area (Å²) in [5, 5.41) is 2.99. The fourth-order valence-corrected chi connectivity index (χ4v) is 5.81. The minimum absolute atomic E-state index is 0.0363. The summed E-state index contributed by atoms with van der Waals surface area (Å²) in [4.78, 5) is 26.8. The van der Waals surface area contributed by atoms with Crippen molar-refractivity contribution in [2.75, 3.05) is 16.0 Å². The lowest BCUT2D eigenvalue weighted by molar-refractivity contribution is -0.117. The zero-order valence-electron chi connectivity index (χ0n) is 17.8. The molecule has 2 amide bonds. The summed E-state index contributed by atoms with van der Waals surface area (Å²) in [6, 6.07) is 14.2. The van der Waals surface area contributed by atoms with Crippen LogP contribution in [0, 0.1) is 19.8 Å². The molecule has 158 valence electrons. The summed E-state index contributed by atoms with van der Waals surface area (Å²) in [6.07, 6.45) is 6.77. The summed E-state index contributed by atoms with van der Waals surface area (Å²) < 4.78 is 0. The van der Waals surface area contributed by atoms with E-state index in [1.165, 1.54) is 25.7 Å². The maximum absolute atomic E-state index is 12.6. The van der Waals surface area contributed by atoms with Gasteiger partial charge in [-0.15, -0.1) is 11.8 Å². The van der Waals surface area contributed by atoms with E-state index >= 15 is 0 Å². The molecule has 5 heteroatoms. The number of aryl methyl sites for hydroxylation is 2. The first-order valence-electron chi connectivity index (χ1n) is 10.9. The molecule has 1 aliphatic carbocycles. The van der Waals surface area contributed by atoms with E-state index in [9.17, 15) is 9.59 Å². The maximum atomic E-state index is 12.6. The van der Waals surface area contributed by atoms with E-state index in [2.05, 4.69) is 37.4 Å². The molecule has 2 aromatic rings. The Balaban J connectivity index is 1.42. The molecule has 2 fully saturated rings. The monoisotopic (exact) mass is 422 g/mol. The van der Waals surface area contributed by atoms with Crippen molar-refractivity contribution in [3.05, 3.63) is 59.2 Å². The Kier molecular flexibility index (Phi) is 6.47. The molecule has 0 spiro atoms. The summed E-state index contributed by atoms with van der Waals surface area (Å²) >= 11 is 1.65. The smallest absolute Gasteiger partial charge is 0.238 e. The van der Waals surface area contributed by atoms with Crippen molar-refractivity contribution in [3.8, 4) is 0 Å². The highest BCUT2D eigenvalue weighted by molar-refractivity contribution is 8.00. The third-order valence-electron chi connectivity index (χ3n) is 6.09. The average Bonchev–Trinajstić information content (AvgIpc) is 3.36. The molecule has 0 aromatic heterocycles. The van der Waals surface area contributed by atoms with Crippen molar-refractivity contribution in [1.29, 1.82) is 0 Å². The van der Waals surface area contributed by atoms with E-state index < -0.39 is 0 Å². The fraction of sp³-hybridized carbons (Fsp3) is 0.440. The fourth-order valence-electron chi connectivity index (χ4n) is 4.63. The van der Waals surface area contributed by atoms with Crippen molar-refractivity contribution in [2.24, 2.45) is 5.92 Å². The van der Waals surface area contributed by atoms with E-state index in [-0.39, 0.29) is 17.2 Å². The van der Waals surface area contributed by atoms with Crippen LogP contribution in [-0.2, 0) is 9.59 Å². The van der Waals surface area contributed by atoms with Gasteiger partial charge in [-0.3, -0.25) is 14.5 Å². The Bertz CT molecular complexity index is 899. The Morgan fingerprint density at radius 1 is 1.07 bits per heavy atom. The molecule has 1 aliphatic heterocycles. The van der Waals surface area contributed by atoms with E-state index in [0.29, 0.717) is 12.2 Å². The summed E-state index contributed by atoms with van der Waals surface area (Å²) in [6.45, 7) is 4.12. The molecule has 1 saturated heterocycles. The minimum atomic E-state index is -0.0363. The maximum Gasteiger partial charge on any atom is 0.238 e. The molecular weight excluding hydrogens is 392 g/mol. The largest absolute Gasteiger partial charge is 0.326 e. The molecule has 1 heterocycles. The molecule has 0 radical (unpaired) electrons. The number of nitrogens with one attached hydrogen (secondary N) is 1. The highest BCUT2D eigenvalue weighted by atomic mass is 32.2. The third kappa shape index (κ3) is 4.89. The van der Waals surface area contributed by atoms with Gasteiger partial charge in [0.2, 0.25) is 11.8 Å². The number of rotatable bonds is 6. The molecular formula is C25H30N2O2S. The number of benzene rings is 2. The minimum Gasteiger partial charge on any atom is -0.326 e. The second-order valence-corrected chi connectivity index (χ2v) is 9.70. The van der Waals surface area contributed by atoms with E-state index in [4.69, 9.17) is 0 Å². The van der Waals surface area contributed by atoms with Crippen LogP contribution in [0.3, 0.4) is 0 Å². The Labute approximate surface area is 183 Å². The zero-order valence-corrected chi connectivity index (χ0v) is 18.6. The number of carbonyl (C=O) groups excluding carboxylic acids is 2. The third-order valence-corrected chi connectivity index (χ3v) is 7.30. The van der Waals surface area contributed by atoms with Crippen LogP contribution in [0.15, 0.2) is 42.5 Å². The Morgan fingerprint density at radius 3 is 2.40 bits per heavy atom. The first-order chi connectivity index (χ1) is 14.5. The summed E-state index contributed by atoms with van der Waals surface area (Å²) in [5.41, 5.74) is 5.17. The van der Waals surface area contributed by atoms with Gasteiger partial charge in [0.05, 0.1) is 5.75 Å². The van der Waals surface area contributed by atoms with Gasteiger partial charge in [0.25, 0.3) is 0 Å². The van der Waals surface area contributed by atoms with Crippen LogP contribution in [0.25, 0.3) is 0 Å². The van der Waals surface area contributed by atoms with E-state index in [1.54, 1.807) is 11.8 Å². The predicted molar refractivity (Wildman–Crippen MR) is 125 cm³/mol. The quantitative estimate of drug-likeness (QED) is 0.622. The number of hydrogen-bond acceptors (Lipinski definition) is 3. The average molecular weight is 423 g/mol. The number of hydrogen-bond donors (Lipinski definition) is 1. The van der Waals surface area contributed by atoms with E-state index in [0.717, 1.165) is 40.4 Å². The topological polar surface area (TPSA) is 49.4 Å². The lowest BCUT2D eigenvalue weighted by atomic mass is 10.0. The lowest BCUT2D eigenvalue weighted by Crippen LogP contribution is -2.28. The zero-order chi connectivity index (χ0) is 21.1. The Hall–Kier alpha value is -2.27. The molecule has 2 aliphatic rings. The van der Waals surface area contributed by atoms with Gasteiger partial charge >= 0.3 is 0 Å². The standard InChI is InChI=1S/C25H30N2O2S/c1-17-13-18(2)15-22(14-17)27-24(29)16-30-25(27)20-8-10-21(11-9-20)26-23(28)12-7-19-5-3-4-6-19/h8-11,13-15,19,25H,3-7,12,16H2,1-2H3,(H,26,28)/t25-/m0/s1. The summed E-state index contributed by atoms with van der Waals surface area (Å²) in [7, 11) is 0. The lowest BCUT2D eigenvalue weighted by Gasteiger charge is -2.25. The normalized spacial score (nSPS) is 19.5. The Morgan fingerprint density at radius 2 is 1.73 bits per heavy atom. The van der Waals surface area contributed by atoms with Gasteiger partial charge in [-0.1, -0.05) is 43.9 Å². The van der Waals surface area contributed by atoms with Crippen molar-refractivity contribution in [2.45, 2.75) is 57.7 Å². The van der Waals surface area contributed by atoms with Gasteiger partial charge < -0.3 is 5.32 Å². The van der Waals surface area contributed by atoms with E-state index in [1.807, 2.05) is 29.2 Å². The first kappa shape index (κ1) is 21.0. The van der Waals surface area contributed by atoms with Crippen molar-refractivity contribution in [3.63, 3.8) is 0 Å². The number of anilines is 2. The molecule has 2 aromatic carbocycles. The van der Waals surface area contributed by atoms with Crippen LogP contribution in [0.5, 0.6) is 0 Å². The molecule has 0 unspecified atom stereocenters. The molecule has 1 N–H and O–H groups in total. The molecule has 30 heavy (non-hydrogen) atoms. The van der Waals surface area contributed by atoms with Gasteiger partial charge in [-0.25, -0.2) is 0 Å². The second kappa shape index (κ2) is 9.25. The van der Waals surface area contributed by atoms with Crippen LogP contribution < -0.4 is 10.2 Å². The number of thioether (sulfide) groups is 1. The van der Waals surface area contributed by atoms with Crippen molar-refractivity contribution < 1.29 is 9.59 Å². The van der Waals surface area contributed by atoms with Crippen molar-refractivity contribution >= 4 is 35.0 Å². The predicted octanol–water partition coefficient (Wildman–Crippen LogP) is 5.99. The molecule has 4 rings (SSSR count). The number of nitrogens with zero attached hydrogens (tertiary/aromatic N) is 1. The van der Waals surface area contributed by atoms with Crippen molar-refractivity contribution in [1.82, 2.24) is 0 Å². The highest BCUT2D eigenvalue weighted by Gasteiger charge is 2.34. The summed E-state index contributed by atoms with van der Waals surface area (Å²) in [5.74, 6) is 1.44. The first-order valence-corrected chi connectivity index (χ1v) is 12.0. The van der Waals surface area contributed by atoms with Crippen LogP contribution in [0.1, 0.15) is 60.6 Å².